The normalized spacial score (nSPS) is 24.0. The van der Waals surface area contributed by atoms with Gasteiger partial charge in [-0.05, 0) is 43.7 Å². The Kier molecular flexibility index (Phi) is 5.35. The fourth-order valence-electron chi connectivity index (χ4n) is 2.90. The lowest BCUT2D eigenvalue weighted by atomic mass is 9.98. The van der Waals surface area contributed by atoms with E-state index in [1.54, 1.807) is 0 Å². The molecule has 1 aromatic heterocycles. The SMILES string of the molecule is CCC1CCCC(Nc2c(C)cc(Cl)nc2Cl)CC1. The molecule has 2 atom stereocenters. The maximum absolute atomic E-state index is 6.19. The van der Waals surface area contributed by atoms with Gasteiger partial charge in [-0.3, -0.25) is 0 Å². The van der Waals surface area contributed by atoms with Crippen molar-refractivity contribution >= 4 is 28.9 Å². The van der Waals surface area contributed by atoms with Gasteiger partial charge in [0.05, 0.1) is 5.69 Å². The molecule has 0 aromatic carbocycles. The third-order valence-corrected chi connectivity index (χ3v) is 4.62. The number of hydrogen-bond donors (Lipinski definition) is 1. The molecule has 0 radical (unpaired) electrons. The van der Waals surface area contributed by atoms with Crippen LogP contribution in [0.5, 0.6) is 0 Å². The molecule has 0 aliphatic heterocycles. The van der Waals surface area contributed by atoms with Crippen molar-refractivity contribution in [1.29, 1.82) is 0 Å². The van der Waals surface area contributed by atoms with Crippen molar-refractivity contribution in [2.45, 2.75) is 58.4 Å². The van der Waals surface area contributed by atoms with E-state index in [4.69, 9.17) is 23.2 Å². The molecule has 19 heavy (non-hydrogen) atoms. The molecule has 1 fully saturated rings. The van der Waals surface area contributed by atoms with Gasteiger partial charge >= 0.3 is 0 Å². The average molecular weight is 301 g/mol. The Labute approximate surface area is 125 Å². The average Bonchev–Trinajstić information content (AvgIpc) is 2.58. The number of hydrogen-bond acceptors (Lipinski definition) is 2. The van der Waals surface area contributed by atoms with E-state index in [1.165, 1.54) is 38.5 Å². The lowest BCUT2D eigenvalue weighted by molar-refractivity contribution is 0.444. The van der Waals surface area contributed by atoms with Crippen molar-refractivity contribution < 1.29 is 0 Å². The van der Waals surface area contributed by atoms with Crippen LogP contribution in [-0.4, -0.2) is 11.0 Å². The molecule has 0 saturated heterocycles. The van der Waals surface area contributed by atoms with Crippen molar-refractivity contribution in [3.8, 4) is 0 Å². The van der Waals surface area contributed by atoms with Crippen molar-refractivity contribution in [3.63, 3.8) is 0 Å². The van der Waals surface area contributed by atoms with Crippen LogP contribution in [0.15, 0.2) is 6.07 Å². The van der Waals surface area contributed by atoms with Gasteiger partial charge in [-0.25, -0.2) is 4.98 Å². The highest BCUT2D eigenvalue weighted by Gasteiger charge is 2.19. The van der Waals surface area contributed by atoms with Crippen LogP contribution in [0.2, 0.25) is 10.3 Å². The van der Waals surface area contributed by atoms with E-state index in [-0.39, 0.29) is 0 Å². The summed E-state index contributed by atoms with van der Waals surface area (Å²) in [5.41, 5.74) is 2.02. The maximum Gasteiger partial charge on any atom is 0.154 e. The number of nitrogens with one attached hydrogen (secondary N) is 1. The van der Waals surface area contributed by atoms with Crippen LogP contribution in [0, 0.1) is 12.8 Å². The molecule has 1 aliphatic rings. The number of aryl methyl sites for hydroxylation is 1. The molecule has 1 N–H and O–H groups in total. The summed E-state index contributed by atoms with van der Waals surface area (Å²) in [5.74, 6) is 0.895. The fraction of sp³-hybridized carbons (Fsp3) is 0.667. The highest BCUT2D eigenvalue weighted by molar-refractivity contribution is 6.34. The van der Waals surface area contributed by atoms with Crippen LogP contribution in [-0.2, 0) is 0 Å². The van der Waals surface area contributed by atoms with Crippen molar-refractivity contribution in [3.05, 3.63) is 21.9 Å². The Morgan fingerprint density at radius 1 is 1.26 bits per heavy atom. The first-order valence-corrected chi connectivity index (χ1v) is 7.95. The summed E-state index contributed by atoms with van der Waals surface area (Å²) in [6.07, 6.45) is 7.71. The van der Waals surface area contributed by atoms with Gasteiger partial charge in [0.2, 0.25) is 0 Å². The molecule has 106 valence electrons. The van der Waals surface area contributed by atoms with Crippen molar-refractivity contribution in [2.24, 2.45) is 5.92 Å². The number of anilines is 1. The lowest BCUT2D eigenvalue weighted by Gasteiger charge is -2.20. The molecule has 4 heteroatoms. The Hall–Kier alpha value is -0.470. The topological polar surface area (TPSA) is 24.9 Å². The first-order chi connectivity index (χ1) is 9.10. The van der Waals surface area contributed by atoms with Gasteiger partial charge in [-0.1, -0.05) is 49.4 Å². The minimum atomic E-state index is 0.458. The van der Waals surface area contributed by atoms with E-state index in [0.717, 1.165) is 17.2 Å². The van der Waals surface area contributed by atoms with Gasteiger partial charge < -0.3 is 5.32 Å². The molecule has 2 rings (SSSR count). The van der Waals surface area contributed by atoms with Gasteiger partial charge in [0.25, 0.3) is 0 Å². The smallest absolute Gasteiger partial charge is 0.154 e. The van der Waals surface area contributed by atoms with Crippen LogP contribution in [0.4, 0.5) is 5.69 Å². The molecular formula is C15H22Cl2N2. The number of aromatic nitrogens is 1. The van der Waals surface area contributed by atoms with E-state index < -0.39 is 0 Å². The third-order valence-electron chi connectivity index (χ3n) is 4.16. The predicted molar refractivity (Wildman–Crippen MR) is 83.3 cm³/mol. The lowest BCUT2D eigenvalue weighted by Crippen LogP contribution is -2.19. The zero-order valence-electron chi connectivity index (χ0n) is 11.7. The van der Waals surface area contributed by atoms with Gasteiger partial charge in [0, 0.05) is 6.04 Å². The summed E-state index contributed by atoms with van der Waals surface area (Å²) < 4.78 is 0. The molecule has 1 saturated carbocycles. The third kappa shape index (κ3) is 4.00. The second-order valence-electron chi connectivity index (χ2n) is 5.55. The molecule has 2 nitrogen and oxygen atoms in total. The predicted octanol–water partition coefficient (Wildman–Crippen LogP) is 5.47. The van der Waals surface area contributed by atoms with E-state index in [1.807, 2.05) is 13.0 Å². The van der Waals surface area contributed by atoms with Gasteiger partial charge in [0.15, 0.2) is 5.15 Å². The minimum absolute atomic E-state index is 0.458. The van der Waals surface area contributed by atoms with Gasteiger partial charge in [-0.2, -0.15) is 0 Å². The van der Waals surface area contributed by atoms with E-state index in [2.05, 4.69) is 17.2 Å². The summed E-state index contributed by atoms with van der Waals surface area (Å²) in [7, 11) is 0. The number of halogens is 2. The molecule has 0 spiro atoms. The summed E-state index contributed by atoms with van der Waals surface area (Å²) >= 11 is 12.1. The van der Waals surface area contributed by atoms with Crippen LogP contribution in [0.3, 0.4) is 0 Å². The van der Waals surface area contributed by atoms with Gasteiger partial charge in [-0.15, -0.1) is 0 Å². The van der Waals surface area contributed by atoms with Crippen molar-refractivity contribution in [2.75, 3.05) is 5.32 Å². The van der Waals surface area contributed by atoms with Crippen molar-refractivity contribution in [1.82, 2.24) is 4.98 Å². The standard InChI is InChI=1S/C15H22Cl2N2/c1-3-11-5-4-6-12(8-7-11)18-14-10(2)9-13(16)19-15(14)17/h9,11-12,18H,3-8H2,1-2H3. The molecule has 2 unspecified atom stereocenters. The van der Waals surface area contributed by atoms with Crippen LogP contribution in [0.25, 0.3) is 0 Å². The Morgan fingerprint density at radius 2 is 2.05 bits per heavy atom. The Balaban J connectivity index is 2.05. The molecule has 1 aliphatic carbocycles. The van der Waals surface area contributed by atoms with E-state index in [9.17, 15) is 0 Å². The molecule has 0 bridgehead atoms. The highest BCUT2D eigenvalue weighted by Crippen LogP contribution is 2.31. The van der Waals surface area contributed by atoms with Crippen LogP contribution >= 0.6 is 23.2 Å². The van der Waals surface area contributed by atoms with Crippen LogP contribution < -0.4 is 5.32 Å². The number of pyridine rings is 1. The highest BCUT2D eigenvalue weighted by atomic mass is 35.5. The first-order valence-electron chi connectivity index (χ1n) is 7.19. The molecule has 1 aromatic rings. The first kappa shape index (κ1) is 14.9. The summed E-state index contributed by atoms with van der Waals surface area (Å²) in [5, 5.41) is 4.52. The minimum Gasteiger partial charge on any atom is -0.380 e. The molecule has 0 amide bonds. The summed E-state index contributed by atoms with van der Waals surface area (Å²) in [6.45, 7) is 4.32. The second-order valence-corrected chi connectivity index (χ2v) is 6.30. The quantitative estimate of drug-likeness (QED) is 0.591. The summed E-state index contributed by atoms with van der Waals surface area (Å²) in [6, 6.07) is 2.37. The molecule has 1 heterocycles. The number of rotatable bonds is 3. The van der Waals surface area contributed by atoms with Gasteiger partial charge in [0.1, 0.15) is 5.15 Å². The van der Waals surface area contributed by atoms with E-state index >= 15 is 0 Å². The zero-order chi connectivity index (χ0) is 13.8. The maximum atomic E-state index is 6.19. The fourth-order valence-corrected chi connectivity index (χ4v) is 3.49. The number of nitrogens with zero attached hydrogens (tertiary/aromatic N) is 1. The van der Waals surface area contributed by atoms with E-state index in [0.29, 0.717) is 16.3 Å². The Bertz CT molecular complexity index is 411. The van der Waals surface area contributed by atoms with Crippen LogP contribution in [0.1, 0.15) is 51.0 Å². The molecular weight excluding hydrogens is 279 g/mol. The monoisotopic (exact) mass is 300 g/mol. The Morgan fingerprint density at radius 3 is 2.74 bits per heavy atom. The summed E-state index contributed by atoms with van der Waals surface area (Å²) in [4.78, 5) is 4.12. The zero-order valence-corrected chi connectivity index (χ0v) is 13.2. The second kappa shape index (κ2) is 6.81. The largest absolute Gasteiger partial charge is 0.380 e.